The zero-order valence-electron chi connectivity index (χ0n) is 12.2. The molecule has 0 unspecified atom stereocenters. The van der Waals surface area contributed by atoms with Crippen molar-refractivity contribution in [2.24, 2.45) is 5.92 Å². The number of allylic oxidation sites excluding steroid dienone is 2. The number of carbonyl (C=O) groups is 2. The summed E-state index contributed by atoms with van der Waals surface area (Å²) in [5.41, 5.74) is 4.09. The van der Waals surface area contributed by atoms with Crippen LogP contribution in [0.4, 0.5) is 0 Å². The summed E-state index contributed by atoms with van der Waals surface area (Å²) in [6.07, 6.45) is 3.88. The Morgan fingerprint density at radius 2 is 1.91 bits per heavy atom. The molecule has 1 fully saturated rings. The largest absolute Gasteiger partial charge is 0.453 e. The summed E-state index contributed by atoms with van der Waals surface area (Å²) >= 11 is 0. The normalized spacial score (nSPS) is 27.3. The number of ether oxygens (including phenoxy) is 1. The molecule has 2 aliphatic carbocycles. The van der Waals surface area contributed by atoms with Gasteiger partial charge in [-0.15, -0.1) is 0 Å². The molecule has 0 aromatic heterocycles. The van der Waals surface area contributed by atoms with Gasteiger partial charge in [-0.3, -0.25) is 4.79 Å². The van der Waals surface area contributed by atoms with Crippen molar-refractivity contribution in [3.63, 3.8) is 0 Å². The minimum atomic E-state index is -0.351. The Kier molecular flexibility index (Phi) is 2.89. The van der Waals surface area contributed by atoms with Crippen molar-refractivity contribution in [2.75, 3.05) is 0 Å². The highest BCUT2D eigenvalue weighted by Gasteiger charge is 2.46. The van der Waals surface area contributed by atoms with E-state index in [0.29, 0.717) is 17.6 Å². The van der Waals surface area contributed by atoms with Crippen molar-refractivity contribution < 1.29 is 14.3 Å². The number of hydrogen-bond donors (Lipinski definition) is 0. The lowest BCUT2D eigenvalue weighted by Crippen LogP contribution is -2.19. The number of fused-ring (bicyclic) bond motifs is 3. The number of rotatable bonds is 1. The molecule has 1 heterocycles. The first kappa shape index (κ1) is 13.3. The van der Waals surface area contributed by atoms with E-state index in [9.17, 15) is 9.59 Å². The standard InChI is InChI=1S/C19H16O3/c1-11-14-9-5-8-13-10-15(20)16(12-6-3-2-4-7-12)17(13)18(14)22-19(11)21/h2-4,6-8,14,18H,1,5,9-10H2/t14-,18-/m1/s1. The van der Waals surface area contributed by atoms with Crippen LogP contribution in [-0.4, -0.2) is 17.9 Å². The van der Waals surface area contributed by atoms with Crippen LogP contribution in [0.25, 0.3) is 5.57 Å². The van der Waals surface area contributed by atoms with Gasteiger partial charge in [-0.1, -0.05) is 43.0 Å². The molecule has 4 rings (SSSR count). The summed E-state index contributed by atoms with van der Waals surface area (Å²) in [6, 6.07) is 9.65. The molecule has 3 heteroatoms. The predicted octanol–water partition coefficient (Wildman–Crippen LogP) is 3.23. The monoisotopic (exact) mass is 292 g/mol. The van der Waals surface area contributed by atoms with Crippen molar-refractivity contribution in [3.05, 3.63) is 65.3 Å². The Labute approximate surface area is 129 Å². The van der Waals surface area contributed by atoms with Gasteiger partial charge in [0.2, 0.25) is 0 Å². The van der Waals surface area contributed by atoms with Crippen molar-refractivity contribution in [3.8, 4) is 0 Å². The quantitative estimate of drug-likeness (QED) is 0.589. The lowest BCUT2D eigenvalue weighted by atomic mass is 9.87. The van der Waals surface area contributed by atoms with Gasteiger partial charge in [0.05, 0.1) is 0 Å². The maximum atomic E-state index is 12.5. The SMILES string of the molecule is C=C1C(=O)O[C@H]2C3=C(c4ccccc4)C(=O)CC3=CCC[C@H]12. The molecule has 3 nitrogen and oxygen atoms in total. The summed E-state index contributed by atoms with van der Waals surface area (Å²) in [7, 11) is 0. The number of esters is 1. The molecule has 110 valence electrons. The maximum Gasteiger partial charge on any atom is 0.334 e. The second-order valence-corrected chi connectivity index (χ2v) is 6.02. The fraction of sp³-hybridized carbons (Fsp3) is 0.263. The van der Waals surface area contributed by atoms with E-state index in [1.165, 1.54) is 0 Å². The molecule has 0 saturated carbocycles. The Morgan fingerprint density at radius 3 is 2.68 bits per heavy atom. The highest BCUT2D eigenvalue weighted by molar-refractivity contribution is 6.26. The lowest BCUT2D eigenvalue weighted by molar-refractivity contribution is -0.137. The van der Waals surface area contributed by atoms with E-state index >= 15 is 0 Å². The van der Waals surface area contributed by atoms with Crippen molar-refractivity contribution in [1.29, 1.82) is 0 Å². The fourth-order valence-corrected chi connectivity index (χ4v) is 3.73. The third kappa shape index (κ3) is 1.82. The molecule has 1 aromatic carbocycles. The fourth-order valence-electron chi connectivity index (χ4n) is 3.73. The number of hydrogen-bond acceptors (Lipinski definition) is 3. The van der Waals surface area contributed by atoms with Crippen LogP contribution in [0.3, 0.4) is 0 Å². The number of carbonyl (C=O) groups excluding carboxylic acids is 2. The average molecular weight is 292 g/mol. The summed E-state index contributed by atoms with van der Waals surface area (Å²) in [5, 5.41) is 0. The van der Waals surface area contributed by atoms with Crippen LogP contribution in [0.2, 0.25) is 0 Å². The molecule has 0 radical (unpaired) electrons. The van der Waals surface area contributed by atoms with Gasteiger partial charge in [0.15, 0.2) is 5.78 Å². The van der Waals surface area contributed by atoms with Gasteiger partial charge in [-0.2, -0.15) is 0 Å². The molecule has 0 bridgehead atoms. The smallest absolute Gasteiger partial charge is 0.334 e. The topological polar surface area (TPSA) is 43.4 Å². The van der Waals surface area contributed by atoms with Crippen LogP contribution in [0.5, 0.6) is 0 Å². The predicted molar refractivity (Wildman–Crippen MR) is 82.8 cm³/mol. The Morgan fingerprint density at radius 1 is 1.14 bits per heavy atom. The average Bonchev–Trinajstić information content (AvgIpc) is 2.92. The van der Waals surface area contributed by atoms with Gasteiger partial charge < -0.3 is 4.74 Å². The summed E-state index contributed by atoms with van der Waals surface area (Å²) in [5.74, 6) is -0.224. The van der Waals surface area contributed by atoms with Crippen molar-refractivity contribution >= 4 is 17.3 Å². The summed E-state index contributed by atoms with van der Waals surface area (Å²) in [4.78, 5) is 24.5. The first-order valence-corrected chi connectivity index (χ1v) is 7.59. The van der Waals surface area contributed by atoms with Crippen LogP contribution < -0.4 is 0 Å². The molecular weight excluding hydrogens is 276 g/mol. The lowest BCUT2D eigenvalue weighted by Gasteiger charge is -2.18. The van der Waals surface area contributed by atoms with Crippen LogP contribution >= 0.6 is 0 Å². The zero-order chi connectivity index (χ0) is 15.3. The van der Waals surface area contributed by atoms with Gasteiger partial charge in [-0.05, 0) is 24.0 Å². The Hall–Kier alpha value is -2.42. The Bertz CT molecular complexity index is 752. The van der Waals surface area contributed by atoms with Gasteiger partial charge >= 0.3 is 5.97 Å². The minimum absolute atomic E-state index is 0.0131. The van der Waals surface area contributed by atoms with E-state index in [1.807, 2.05) is 30.3 Å². The van der Waals surface area contributed by atoms with Gasteiger partial charge in [-0.25, -0.2) is 4.79 Å². The van der Waals surface area contributed by atoms with Crippen LogP contribution in [0.1, 0.15) is 24.8 Å². The molecule has 1 aromatic rings. The third-order valence-corrected chi connectivity index (χ3v) is 4.77. The van der Waals surface area contributed by atoms with Gasteiger partial charge in [0, 0.05) is 29.1 Å². The van der Waals surface area contributed by atoms with Crippen LogP contribution in [0.15, 0.2) is 59.7 Å². The first-order valence-electron chi connectivity index (χ1n) is 7.59. The van der Waals surface area contributed by atoms with E-state index in [4.69, 9.17) is 4.74 Å². The molecule has 0 amide bonds. The zero-order valence-corrected chi connectivity index (χ0v) is 12.2. The highest BCUT2D eigenvalue weighted by atomic mass is 16.6. The molecule has 0 spiro atoms. The second-order valence-electron chi connectivity index (χ2n) is 6.02. The van der Waals surface area contributed by atoms with E-state index in [2.05, 4.69) is 12.7 Å². The van der Waals surface area contributed by atoms with Gasteiger partial charge in [0.25, 0.3) is 0 Å². The summed E-state index contributed by atoms with van der Waals surface area (Å²) in [6.45, 7) is 3.89. The number of ketones is 1. The van der Waals surface area contributed by atoms with E-state index in [-0.39, 0.29) is 23.8 Å². The first-order chi connectivity index (χ1) is 10.7. The summed E-state index contributed by atoms with van der Waals surface area (Å²) < 4.78 is 5.58. The molecule has 2 atom stereocenters. The number of Topliss-reactive ketones (excluding diaryl/α,β-unsaturated/α-hetero) is 1. The maximum absolute atomic E-state index is 12.5. The molecule has 22 heavy (non-hydrogen) atoms. The van der Waals surface area contributed by atoms with E-state index < -0.39 is 0 Å². The Balaban J connectivity index is 1.92. The van der Waals surface area contributed by atoms with Crippen LogP contribution in [-0.2, 0) is 14.3 Å². The van der Waals surface area contributed by atoms with E-state index in [0.717, 1.165) is 29.6 Å². The molecule has 0 N–H and O–H groups in total. The highest BCUT2D eigenvalue weighted by Crippen LogP contribution is 2.47. The van der Waals surface area contributed by atoms with Crippen molar-refractivity contribution in [1.82, 2.24) is 0 Å². The molecular formula is C19H16O3. The number of benzene rings is 1. The van der Waals surface area contributed by atoms with Gasteiger partial charge in [0.1, 0.15) is 6.10 Å². The molecule has 1 aliphatic heterocycles. The molecule has 3 aliphatic rings. The second kappa shape index (κ2) is 4.80. The third-order valence-electron chi connectivity index (χ3n) is 4.77. The van der Waals surface area contributed by atoms with Crippen molar-refractivity contribution in [2.45, 2.75) is 25.4 Å². The minimum Gasteiger partial charge on any atom is -0.453 e. The van der Waals surface area contributed by atoms with Crippen LogP contribution in [0, 0.1) is 5.92 Å². The van der Waals surface area contributed by atoms with E-state index in [1.54, 1.807) is 0 Å². The molecule has 1 saturated heterocycles.